The Morgan fingerprint density at radius 1 is 0.829 bits per heavy atom. The summed E-state index contributed by atoms with van der Waals surface area (Å²) in [5, 5.41) is 31.4. The van der Waals surface area contributed by atoms with E-state index in [4.69, 9.17) is 0 Å². The molecular formula is C30H46O5. The first-order chi connectivity index (χ1) is 16.1. The molecule has 5 nitrogen and oxygen atoms in total. The molecule has 5 rings (SSSR count). The quantitative estimate of drug-likeness (QED) is 0.398. The molecule has 9 unspecified atom stereocenters. The number of carboxylic acids is 2. The summed E-state index contributed by atoms with van der Waals surface area (Å²) >= 11 is 0. The molecule has 0 amide bonds. The van der Waals surface area contributed by atoms with Gasteiger partial charge in [-0.1, -0.05) is 46.3 Å². The summed E-state index contributed by atoms with van der Waals surface area (Å²) in [5.41, 5.74) is -0.474. The van der Waals surface area contributed by atoms with Crippen molar-refractivity contribution >= 4 is 11.9 Å². The van der Waals surface area contributed by atoms with Gasteiger partial charge in [0.05, 0.1) is 16.9 Å². The Balaban J connectivity index is 1.60. The van der Waals surface area contributed by atoms with E-state index in [-0.39, 0.29) is 33.7 Å². The lowest BCUT2D eigenvalue weighted by Gasteiger charge is -2.71. The van der Waals surface area contributed by atoms with Crippen LogP contribution >= 0.6 is 0 Å². The van der Waals surface area contributed by atoms with Gasteiger partial charge < -0.3 is 15.3 Å². The van der Waals surface area contributed by atoms with Gasteiger partial charge in [0, 0.05) is 0 Å². The van der Waals surface area contributed by atoms with Crippen molar-refractivity contribution in [2.75, 3.05) is 0 Å². The first-order valence-electron chi connectivity index (χ1n) is 13.9. The summed E-state index contributed by atoms with van der Waals surface area (Å²) in [6.07, 6.45) is 9.97. The Morgan fingerprint density at radius 3 is 2.11 bits per heavy atom. The van der Waals surface area contributed by atoms with Crippen molar-refractivity contribution in [3.05, 3.63) is 11.6 Å². The zero-order chi connectivity index (χ0) is 25.8. The van der Waals surface area contributed by atoms with Crippen LogP contribution in [-0.4, -0.2) is 33.4 Å². The number of aliphatic carboxylic acids is 2. The van der Waals surface area contributed by atoms with Crippen LogP contribution in [0.5, 0.6) is 0 Å². The summed E-state index contributed by atoms with van der Waals surface area (Å²) in [7, 11) is 0. The van der Waals surface area contributed by atoms with E-state index in [0.717, 1.165) is 38.5 Å². The second kappa shape index (κ2) is 7.36. The van der Waals surface area contributed by atoms with Gasteiger partial charge in [0.1, 0.15) is 0 Å². The Bertz CT molecular complexity index is 983. The topological polar surface area (TPSA) is 94.8 Å². The lowest BCUT2D eigenvalue weighted by atomic mass is 9.33. The van der Waals surface area contributed by atoms with Crippen molar-refractivity contribution in [2.45, 2.75) is 112 Å². The minimum Gasteiger partial charge on any atom is -0.481 e. The zero-order valence-electron chi connectivity index (χ0n) is 22.6. The number of fused-ring (bicyclic) bond motifs is 7. The molecule has 0 bridgehead atoms. The number of hydrogen-bond acceptors (Lipinski definition) is 3. The fraction of sp³-hybridized carbons (Fsp3) is 0.867. The van der Waals surface area contributed by atoms with E-state index < -0.39 is 22.8 Å². The van der Waals surface area contributed by atoms with Crippen LogP contribution in [0.25, 0.3) is 0 Å². The lowest BCUT2D eigenvalue weighted by molar-refractivity contribution is -0.206. The molecule has 4 saturated carbocycles. The molecule has 196 valence electrons. The Labute approximate surface area is 210 Å². The molecular weight excluding hydrogens is 440 g/mol. The molecule has 4 fully saturated rings. The van der Waals surface area contributed by atoms with Crippen molar-refractivity contribution in [2.24, 2.45) is 50.2 Å². The molecule has 0 saturated heterocycles. The largest absolute Gasteiger partial charge is 0.481 e. The highest BCUT2D eigenvalue weighted by atomic mass is 16.4. The average Bonchev–Trinajstić information content (AvgIpc) is 2.77. The van der Waals surface area contributed by atoms with Crippen LogP contribution in [0.2, 0.25) is 0 Å². The van der Waals surface area contributed by atoms with E-state index in [1.54, 1.807) is 0 Å². The summed E-state index contributed by atoms with van der Waals surface area (Å²) in [4.78, 5) is 25.0. The summed E-state index contributed by atoms with van der Waals surface area (Å²) < 4.78 is 0. The molecule has 5 heteroatoms. The standard InChI is InChI=1S/C30H46O5/c1-25(2)20-9-12-29(6)21(27(20,4)11-10-22(25)31)8-7-18-19-17-26(3,23(32)33)13-15-30(19,24(34)35)16-14-28(18,29)5/h7,19-22,31H,8-17H2,1-6H3,(H,32,33)(H,34,35). The molecule has 3 N–H and O–H groups in total. The molecule has 0 aromatic heterocycles. The third kappa shape index (κ3) is 2.97. The van der Waals surface area contributed by atoms with Gasteiger partial charge in [0.25, 0.3) is 0 Å². The molecule has 5 aliphatic rings. The first kappa shape index (κ1) is 25.3. The predicted molar refractivity (Wildman–Crippen MR) is 135 cm³/mol. The number of hydrogen-bond donors (Lipinski definition) is 3. The van der Waals surface area contributed by atoms with Gasteiger partial charge in [0.15, 0.2) is 0 Å². The minimum absolute atomic E-state index is 0.0441. The van der Waals surface area contributed by atoms with Gasteiger partial charge in [-0.2, -0.15) is 0 Å². The van der Waals surface area contributed by atoms with Crippen LogP contribution in [0.1, 0.15) is 106 Å². The van der Waals surface area contributed by atoms with E-state index >= 15 is 0 Å². The zero-order valence-corrected chi connectivity index (χ0v) is 22.6. The molecule has 9 atom stereocenters. The highest BCUT2D eigenvalue weighted by Crippen LogP contribution is 2.75. The molecule has 35 heavy (non-hydrogen) atoms. The van der Waals surface area contributed by atoms with Crippen molar-refractivity contribution in [3.63, 3.8) is 0 Å². The van der Waals surface area contributed by atoms with E-state index in [2.05, 4.69) is 40.7 Å². The SMILES string of the molecule is CC1(C(=O)O)CCC2(C(=O)O)CCC3(C)C(=CCC4C5(C)CCC(O)C(C)(C)C5CCC43C)C2C1. The van der Waals surface area contributed by atoms with Crippen LogP contribution in [-0.2, 0) is 9.59 Å². The molecule has 0 aromatic carbocycles. The van der Waals surface area contributed by atoms with Crippen molar-refractivity contribution < 1.29 is 24.9 Å². The van der Waals surface area contributed by atoms with Crippen molar-refractivity contribution in [1.82, 2.24) is 0 Å². The van der Waals surface area contributed by atoms with Gasteiger partial charge in [0.2, 0.25) is 0 Å². The van der Waals surface area contributed by atoms with Crippen LogP contribution in [0, 0.1) is 50.2 Å². The van der Waals surface area contributed by atoms with Crippen LogP contribution < -0.4 is 0 Å². The predicted octanol–water partition coefficient (Wildman–Crippen LogP) is 6.30. The summed E-state index contributed by atoms with van der Waals surface area (Å²) in [6.45, 7) is 13.7. The number of aliphatic hydroxyl groups excluding tert-OH is 1. The molecule has 0 spiro atoms. The minimum atomic E-state index is -0.867. The molecule has 0 radical (unpaired) electrons. The monoisotopic (exact) mass is 486 g/mol. The normalized spacial score (nSPS) is 52.7. The second-order valence-corrected chi connectivity index (χ2v) is 14.8. The van der Waals surface area contributed by atoms with Crippen molar-refractivity contribution in [1.29, 1.82) is 0 Å². The number of allylic oxidation sites excluding steroid dienone is 2. The first-order valence-corrected chi connectivity index (χ1v) is 13.9. The van der Waals surface area contributed by atoms with Crippen LogP contribution in [0.3, 0.4) is 0 Å². The van der Waals surface area contributed by atoms with Crippen LogP contribution in [0.4, 0.5) is 0 Å². The number of rotatable bonds is 2. The lowest BCUT2D eigenvalue weighted by Crippen LogP contribution is -2.65. The molecule has 0 aromatic rings. The molecule has 0 aliphatic heterocycles. The highest BCUT2D eigenvalue weighted by Gasteiger charge is 2.69. The molecule has 5 aliphatic carbocycles. The maximum Gasteiger partial charge on any atom is 0.310 e. The van der Waals surface area contributed by atoms with E-state index in [0.29, 0.717) is 37.5 Å². The third-order valence-electron chi connectivity index (χ3n) is 13.3. The van der Waals surface area contributed by atoms with Gasteiger partial charge in [-0.15, -0.1) is 0 Å². The molecule has 0 heterocycles. The number of carboxylic acid groups (broad SMARTS) is 2. The van der Waals surface area contributed by atoms with Gasteiger partial charge >= 0.3 is 11.9 Å². The summed E-state index contributed by atoms with van der Waals surface area (Å²) in [5.74, 6) is -0.770. The third-order valence-corrected chi connectivity index (χ3v) is 13.3. The smallest absolute Gasteiger partial charge is 0.310 e. The van der Waals surface area contributed by atoms with Gasteiger partial charge in [-0.3, -0.25) is 9.59 Å². The fourth-order valence-corrected chi connectivity index (χ4v) is 10.6. The van der Waals surface area contributed by atoms with E-state index in [1.807, 2.05) is 6.92 Å². The Morgan fingerprint density at radius 2 is 1.49 bits per heavy atom. The number of aliphatic hydroxyl groups is 1. The highest BCUT2D eigenvalue weighted by molar-refractivity contribution is 5.79. The van der Waals surface area contributed by atoms with Crippen LogP contribution in [0.15, 0.2) is 11.6 Å². The van der Waals surface area contributed by atoms with Gasteiger partial charge in [-0.25, -0.2) is 0 Å². The van der Waals surface area contributed by atoms with E-state index in [1.165, 1.54) is 5.57 Å². The van der Waals surface area contributed by atoms with E-state index in [9.17, 15) is 24.9 Å². The summed E-state index contributed by atoms with van der Waals surface area (Å²) in [6, 6.07) is 0. The second-order valence-electron chi connectivity index (χ2n) is 14.8. The Kier molecular flexibility index (Phi) is 5.32. The number of carbonyl (C=O) groups is 2. The van der Waals surface area contributed by atoms with Gasteiger partial charge in [-0.05, 0) is 111 Å². The fourth-order valence-electron chi connectivity index (χ4n) is 10.6. The Hall–Kier alpha value is -1.36. The maximum atomic E-state index is 12.8. The maximum absolute atomic E-state index is 12.8. The average molecular weight is 487 g/mol. The van der Waals surface area contributed by atoms with Crippen molar-refractivity contribution in [3.8, 4) is 0 Å².